The predicted octanol–water partition coefficient (Wildman–Crippen LogP) is 2.91. The molecule has 1 unspecified atom stereocenters. The molecule has 0 spiro atoms. The Morgan fingerprint density at radius 3 is 2.47 bits per heavy atom. The lowest BCUT2D eigenvalue weighted by Gasteiger charge is -2.33. The van der Waals surface area contributed by atoms with E-state index in [9.17, 15) is 4.79 Å². The number of hydrogen-bond donors (Lipinski definition) is 1. The monoisotopic (exact) mass is 394 g/mol. The van der Waals surface area contributed by atoms with Crippen molar-refractivity contribution in [2.45, 2.75) is 25.8 Å². The minimum atomic E-state index is 0. The zero-order valence-electron chi connectivity index (χ0n) is 11.0. The fraction of sp³-hybridized carbons (Fsp3) is 0.500. The van der Waals surface area contributed by atoms with Crippen LogP contribution in [-0.4, -0.2) is 29.9 Å². The number of halogens is 2. The summed E-state index contributed by atoms with van der Waals surface area (Å²) >= 11 is 2.22. The number of rotatable bonds is 2. The average molecular weight is 395 g/mol. The van der Waals surface area contributed by atoms with Gasteiger partial charge in [0.1, 0.15) is 0 Å². The molecule has 1 fully saturated rings. The maximum Gasteiger partial charge on any atom is 0.254 e. The molecule has 1 aliphatic heterocycles. The van der Waals surface area contributed by atoms with Crippen molar-refractivity contribution in [2.75, 3.05) is 13.1 Å². The maximum atomic E-state index is 12.4. The van der Waals surface area contributed by atoms with Crippen molar-refractivity contribution in [1.29, 1.82) is 0 Å². The number of nitrogens with two attached hydrogens (primary N) is 1. The summed E-state index contributed by atoms with van der Waals surface area (Å²) in [6.07, 6.45) is 2.04. The summed E-state index contributed by atoms with van der Waals surface area (Å²) in [4.78, 5) is 14.3. The predicted molar refractivity (Wildman–Crippen MR) is 88.7 cm³/mol. The molecular formula is C14H20ClIN2O. The summed E-state index contributed by atoms with van der Waals surface area (Å²) in [7, 11) is 0. The summed E-state index contributed by atoms with van der Waals surface area (Å²) in [5, 5.41) is 0. The second kappa shape index (κ2) is 7.45. The summed E-state index contributed by atoms with van der Waals surface area (Å²) in [5.41, 5.74) is 6.74. The van der Waals surface area contributed by atoms with Crippen LogP contribution >= 0.6 is 35.0 Å². The van der Waals surface area contributed by atoms with E-state index in [1.54, 1.807) is 0 Å². The highest BCUT2D eigenvalue weighted by molar-refractivity contribution is 14.1. The summed E-state index contributed by atoms with van der Waals surface area (Å²) in [5.74, 6) is 0.715. The summed E-state index contributed by atoms with van der Waals surface area (Å²) < 4.78 is 1.02. The molecule has 1 heterocycles. The number of nitrogens with zero attached hydrogens (tertiary/aromatic N) is 1. The summed E-state index contributed by atoms with van der Waals surface area (Å²) in [6.45, 7) is 3.72. The SMILES string of the molecule is CC(N)C1CCN(C(=O)c2ccccc2I)CC1.Cl. The van der Waals surface area contributed by atoms with E-state index in [1.165, 1.54) is 0 Å². The van der Waals surface area contributed by atoms with Crippen LogP contribution in [0, 0.1) is 9.49 Å². The highest BCUT2D eigenvalue weighted by Gasteiger charge is 2.26. The molecule has 106 valence electrons. The van der Waals surface area contributed by atoms with E-state index >= 15 is 0 Å². The Morgan fingerprint density at radius 2 is 1.95 bits per heavy atom. The molecular weight excluding hydrogens is 375 g/mol. The fourth-order valence-corrected chi connectivity index (χ4v) is 3.05. The molecule has 1 aliphatic rings. The molecule has 0 saturated carbocycles. The van der Waals surface area contributed by atoms with Gasteiger partial charge in [0.2, 0.25) is 0 Å². The van der Waals surface area contributed by atoms with Crippen molar-refractivity contribution in [3.63, 3.8) is 0 Å². The molecule has 0 bridgehead atoms. The molecule has 3 nitrogen and oxygen atoms in total. The van der Waals surface area contributed by atoms with E-state index in [0.717, 1.165) is 35.1 Å². The number of hydrogen-bond acceptors (Lipinski definition) is 2. The summed E-state index contributed by atoms with van der Waals surface area (Å²) in [6, 6.07) is 7.99. The first-order chi connectivity index (χ1) is 8.59. The Hall–Kier alpha value is -0.330. The zero-order valence-corrected chi connectivity index (χ0v) is 14.0. The van der Waals surface area contributed by atoms with Crippen LogP contribution in [-0.2, 0) is 0 Å². The molecule has 19 heavy (non-hydrogen) atoms. The van der Waals surface area contributed by atoms with Gasteiger partial charge in [-0.3, -0.25) is 4.79 Å². The van der Waals surface area contributed by atoms with Crippen molar-refractivity contribution in [1.82, 2.24) is 4.90 Å². The van der Waals surface area contributed by atoms with Crippen LogP contribution in [0.15, 0.2) is 24.3 Å². The van der Waals surface area contributed by atoms with Crippen LogP contribution in [0.4, 0.5) is 0 Å². The molecule has 0 radical (unpaired) electrons. The average Bonchev–Trinajstić information content (AvgIpc) is 2.38. The van der Waals surface area contributed by atoms with Crippen LogP contribution in [0.1, 0.15) is 30.1 Å². The van der Waals surface area contributed by atoms with Crippen LogP contribution in [0.3, 0.4) is 0 Å². The van der Waals surface area contributed by atoms with Gasteiger partial charge in [-0.15, -0.1) is 12.4 Å². The van der Waals surface area contributed by atoms with Crippen molar-refractivity contribution in [3.8, 4) is 0 Å². The van der Waals surface area contributed by atoms with Gasteiger partial charge >= 0.3 is 0 Å². The molecule has 0 aliphatic carbocycles. The molecule has 0 aromatic heterocycles. The lowest BCUT2D eigenvalue weighted by Crippen LogP contribution is -2.42. The van der Waals surface area contributed by atoms with E-state index in [-0.39, 0.29) is 24.4 Å². The van der Waals surface area contributed by atoms with E-state index in [1.807, 2.05) is 29.2 Å². The molecule has 5 heteroatoms. The van der Waals surface area contributed by atoms with E-state index < -0.39 is 0 Å². The Balaban J connectivity index is 0.00000180. The fourth-order valence-electron chi connectivity index (χ4n) is 2.43. The van der Waals surface area contributed by atoms with Gasteiger partial charge in [0, 0.05) is 22.7 Å². The number of carbonyl (C=O) groups is 1. The topological polar surface area (TPSA) is 46.3 Å². The number of piperidine rings is 1. The first-order valence-electron chi connectivity index (χ1n) is 6.39. The van der Waals surface area contributed by atoms with Crippen molar-refractivity contribution < 1.29 is 4.79 Å². The highest BCUT2D eigenvalue weighted by Crippen LogP contribution is 2.22. The van der Waals surface area contributed by atoms with Gasteiger partial charge in [0.05, 0.1) is 5.56 Å². The number of amides is 1. The van der Waals surface area contributed by atoms with Crippen molar-refractivity contribution in [2.24, 2.45) is 11.7 Å². The Morgan fingerprint density at radius 1 is 1.37 bits per heavy atom. The largest absolute Gasteiger partial charge is 0.339 e. The van der Waals surface area contributed by atoms with E-state index in [0.29, 0.717) is 5.92 Å². The second-order valence-electron chi connectivity index (χ2n) is 4.97. The van der Waals surface area contributed by atoms with Gasteiger partial charge in [-0.05, 0) is 60.4 Å². The van der Waals surface area contributed by atoms with Crippen LogP contribution in [0.2, 0.25) is 0 Å². The molecule has 2 rings (SSSR count). The van der Waals surface area contributed by atoms with E-state index in [4.69, 9.17) is 5.73 Å². The lowest BCUT2D eigenvalue weighted by molar-refractivity contribution is 0.0680. The molecule has 1 saturated heterocycles. The standard InChI is InChI=1S/C14H19IN2O.ClH/c1-10(16)11-6-8-17(9-7-11)14(18)12-4-2-3-5-13(12)15;/h2-5,10-11H,6-9,16H2,1H3;1H. The van der Waals surface area contributed by atoms with Crippen molar-refractivity contribution in [3.05, 3.63) is 33.4 Å². The van der Waals surface area contributed by atoms with Crippen LogP contribution in [0.5, 0.6) is 0 Å². The Kier molecular flexibility index (Phi) is 6.56. The van der Waals surface area contributed by atoms with Gasteiger partial charge < -0.3 is 10.6 Å². The highest BCUT2D eigenvalue weighted by atomic mass is 127. The smallest absolute Gasteiger partial charge is 0.254 e. The van der Waals surface area contributed by atoms with Gasteiger partial charge in [-0.25, -0.2) is 0 Å². The molecule has 1 aromatic carbocycles. The maximum absolute atomic E-state index is 12.4. The van der Waals surface area contributed by atoms with E-state index in [2.05, 4.69) is 29.5 Å². The molecule has 1 atom stereocenters. The molecule has 1 amide bonds. The van der Waals surface area contributed by atoms with Gasteiger partial charge in [0.25, 0.3) is 5.91 Å². The van der Waals surface area contributed by atoms with Gasteiger partial charge in [-0.1, -0.05) is 12.1 Å². The van der Waals surface area contributed by atoms with Gasteiger partial charge in [-0.2, -0.15) is 0 Å². The molecule has 1 aromatic rings. The number of carbonyl (C=O) groups excluding carboxylic acids is 1. The zero-order chi connectivity index (χ0) is 13.1. The Bertz CT molecular complexity index is 431. The Labute approximate surface area is 134 Å². The van der Waals surface area contributed by atoms with Crippen LogP contribution in [0.25, 0.3) is 0 Å². The molecule has 2 N–H and O–H groups in total. The van der Waals surface area contributed by atoms with Gasteiger partial charge in [0.15, 0.2) is 0 Å². The quantitative estimate of drug-likeness (QED) is 0.784. The number of benzene rings is 1. The van der Waals surface area contributed by atoms with Crippen LogP contribution < -0.4 is 5.73 Å². The minimum absolute atomic E-state index is 0. The number of likely N-dealkylation sites (tertiary alicyclic amines) is 1. The minimum Gasteiger partial charge on any atom is -0.339 e. The first kappa shape index (κ1) is 16.7. The lowest BCUT2D eigenvalue weighted by atomic mass is 9.90. The van der Waals surface area contributed by atoms with Crippen molar-refractivity contribution >= 4 is 40.9 Å². The second-order valence-corrected chi connectivity index (χ2v) is 6.13. The third kappa shape index (κ3) is 4.07. The normalized spacial score (nSPS) is 17.7. The third-order valence-corrected chi connectivity index (χ3v) is 4.62. The first-order valence-corrected chi connectivity index (χ1v) is 7.47. The third-order valence-electron chi connectivity index (χ3n) is 3.67.